The molecule has 0 radical (unpaired) electrons. The number of rotatable bonds is 4. The number of aromatic nitrogens is 2. The number of sulfonamides is 1. The largest absolute Gasteiger partial charge is 0.478 e. The number of aromatic carboxylic acids is 1. The van der Waals surface area contributed by atoms with E-state index in [1.165, 1.54) is 31.4 Å². The summed E-state index contributed by atoms with van der Waals surface area (Å²) in [7, 11) is -2.52. The SMILES string of the molecule is Cc1ccc(NS(=O)(=O)c2c(Cl)cnn2C)cc1C(=O)O. The van der Waals surface area contributed by atoms with Gasteiger partial charge in [0.1, 0.15) is 0 Å². The molecule has 0 unspecified atom stereocenters. The smallest absolute Gasteiger partial charge is 0.336 e. The Kier molecular flexibility index (Phi) is 3.93. The van der Waals surface area contributed by atoms with Crippen molar-refractivity contribution in [2.24, 2.45) is 7.05 Å². The average Bonchev–Trinajstić information content (AvgIpc) is 2.71. The fraction of sp³-hybridized carbons (Fsp3) is 0.167. The number of hydrogen-bond acceptors (Lipinski definition) is 4. The van der Waals surface area contributed by atoms with Crippen LogP contribution in [0.1, 0.15) is 15.9 Å². The molecule has 0 saturated carbocycles. The fourth-order valence-corrected chi connectivity index (χ4v) is 3.53. The van der Waals surface area contributed by atoms with Crippen LogP contribution in [0.4, 0.5) is 5.69 Å². The van der Waals surface area contributed by atoms with E-state index in [0.29, 0.717) is 5.56 Å². The van der Waals surface area contributed by atoms with E-state index in [4.69, 9.17) is 16.7 Å². The summed E-state index contributed by atoms with van der Waals surface area (Å²) in [6.45, 7) is 1.62. The normalized spacial score (nSPS) is 11.4. The second kappa shape index (κ2) is 5.38. The monoisotopic (exact) mass is 329 g/mol. The fourth-order valence-electron chi connectivity index (χ4n) is 1.82. The van der Waals surface area contributed by atoms with E-state index in [0.717, 1.165) is 4.68 Å². The van der Waals surface area contributed by atoms with Crippen molar-refractivity contribution >= 4 is 33.3 Å². The molecule has 0 aliphatic heterocycles. The zero-order valence-electron chi connectivity index (χ0n) is 11.2. The van der Waals surface area contributed by atoms with Crippen molar-refractivity contribution < 1.29 is 18.3 Å². The highest BCUT2D eigenvalue weighted by atomic mass is 35.5. The maximum Gasteiger partial charge on any atom is 0.336 e. The predicted octanol–water partition coefficient (Wildman–Crippen LogP) is 1.88. The van der Waals surface area contributed by atoms with Crippen LogP contribution in [0.3, 0.4) is 0 Å². The van der Waals surface area contributed by atoms with Gasteiger partial charge in [0.2, 0.25) is 0 Å². The van der Waals surface area contributed by atoms with Gasteiger partial charge in [0.05, 0.1) is 16.8 Å². The molecule has 9 heteroatoms. The van der Waals surface area contributed by atoms with Crippen molar-refractivity contribution in [3.05, 3.63) is 40.5 Å². The van der Waals surface area contributed by atoms with Gasteiger partial charge < -0.3 is 5.11 Å². The number of anilines is 1. The van der Waals surface area contributed by atoms with Crippen LogP contribution in [0.2, 0.25) is 5.02 Å². The maximum atomic E-state index is 12.3. The highest BCUT2D eigenvalue weighted by Crippen LogP contribution is 2.24. The summed E-state index contributed by atoms with van der Waals surface area (Å²) in [5.41, 5.74) is 0.686. The van der Waals surface area contributed by atoms with Gasteiger partial charge in [-0.3, -0.25) is 9.40 Å². The van der Waals surface area contributed by atoms with Crippen molar-refractivity contribution in [1.82, 2.24) is 9.78 Å². The molecule has 21 heavy (non-hydrogen) atoms. The van der Waals surface area contributed by atoms with Gasteiger partial charge in [0.15, 0.2) is 5.03 Å². The van der Waals surface area contributed by atoms with Crippen LogP contribution >= 0.6 is 11.6 Å². The number of hydrogen-bond donors (Lipinski definition) is 2. The molecular formula is C12H12ClN3O4S. The first-order valence-electron chi connectivity index (χ1n) is 5.76. The first kappa shape index (κ1) is 15.3. The molecule has 2 aromatic rings. The van der Waals surface area contributed by atoms with Crippen LogP contribution in [-0.2, 0) is 17.1 Å². The topological polar surface area (TPSA) is 101 Å². The summed E-state index contributed by atoms with van der Waals surface area (Å²) in [4.78, 5) is 11.1. The van der Waals surface area contributed by atoms with Crippen LogP contribution in [0.15, 0.2) is 29.4 Å². The number of carbonyl (C=O) groups is 1. The van der Waals surface area contributed by atoms with E-state index >= 15 is 0 Å². The molecular weight excluding hydrogens is 318 g/mol. The van der Waals surface area contributed by atoms with Crippen molar-refractivity contribution in [2.45, 2.75) is 11.9 Å². The molecule has 0 bridgehead atoms. The van der Waals surface area contributed by atoms with Crippen molar-refractivity contribution in [3.8, 4) is 0 Å². The maximum absolute atomic E-state index is 12.3. The molecule has 1 heterocycles. The van der Waals surface area contributed by atoms with Crippen molar-refractivity contribution in [2.75, 3.05) is 4.72 Å². The molecule has 0 amide bonds. The first-order chi connectivity index (χ1) is 9.72. The lowest BCUT2D eigenvalue weighted by atomic mass is 10.1. The lowest BCUT2D eigenvalue weighted by molar-refractivity contribution is 0.0696. The molecule has 0 aliphatic rings. The van der Waals surface area contributed by atoms with E-state index in [1.807, 2.05) is 0 Å². The Balaban J connectivity index is 2.42. The number of carboxylic acid groups (broad SMARTS) is 1. The third kappa shape index (κ3) is 3.01. The zero-order valence-corrected chi connectivity index (χ0v) is 12.7. The Labute approximate surface area is 126 Å². The molecule has 1 aromatic heterocycles. The second-order valence-corrected chi connectivity index (χ2v) is 6.37. The Morgan fingerprint density at radius 1 is 1.43 bits per heavy atom. The van der Waals surface area contributed by atoms with Gasteiger partial charge in [0, 0.05) is 12.7 Å². The molecule has 0 atom stereocenters. The zero-order chi connectivity index (χ0) is 15.8. The molecule has 0 aliphatic carbocycles. The minimum atomic E-state index is -3.96. The highest BCUT2D eigenvalue weighted by Gasteiger charge is 2.23. The molecule has 1 aromatic carbocycles. The van der Waals surface area contributed by atoms with Crippen molar-refractivity contribution in [1.29, 1.82) is 0 Å². The molecule has 112 valence electrons. The molecule has 0 spiro atoms. The van der Waals surface area contributed by atoms with Crippen LogP contribution in [0, 0.1) is 6.92 Å². The van der Waals surface area contributed by atoms with Gasteiger partial charge in [-0.25, -0.2) is 4.79 Å². The molecule has 2 rings (SSSR count). The summed E-state index contributed by atoms with van der Waals surface area (Å²) in [6, 6.07) is 4.25. The summed E-state index contributed by atoms with van der Waals surface area (Å²) in [5, 5.41) is 12.6. The predicted molar refractivity (Wildman–Crippen MR) is 77.2 cm³/mol. The minimum Gasteiger partial charge on any atom is -0.478 e. The quantitative estimate of drug-likeness (QED) is 0.891. The molecule has 7 nitrogen and oxygen atoms in total. The summed E-state index contributed by atoms with van der Waals surface area (Å²) in [6.07, 6.45) is 1.22. The van der Waals surface area contributed by atoms with E-state index in [2.05, 4.69) is 9.82 Å². The third-order valence-corrected chi connectivity index (χ3v) is 4.70. The first-order valence-corrected chi connectivity index (χ1v) is 7.63. The van der Waals surface area contributed by atoms with E-state index in [-0.39, 0.29) is 21.3 Å². The molecule has 2 N–H and O–H groups in total. The van der Waals surface area contributed by atoms with Gasteiger partial charge in [-0.05, 0) is 24.6 Å². The lowest BCUT2D eigenvalue weighted by Crippen LogP contribution is -2.17. The van der Waals surface area contributed by atoms with Gasteiger partial charge in [-0.15, -0.1) is 0 Å². The Morgan fingerprint density at radius 2 is 2.10 bits per heavy atom. The summed E-state index contributed by atoms with van der Waals surface area (Å²) in [5.74, 6) is -1.13. The van der Waals surface area contributed by atoms with E-state index < -0.39 is 16.0 Å². The number of benzene rings is 1. The average molecular weight is 330 g/mol. The van der Waals surface area contributed by atoms with Gasteiger partial charge in [-0.1, -0.05) is 17.7 Å². The minimum absolute atomic E-state index is 0.0180. The standard InChI is InChI=1S/C12H12ClN3O4S/c1-7-3-4-8(5-9(7)12(17)18)15-21(19,20)11-10(13)6-14-16(11)2/h3-6,15H,1-2H3,(H,17,18). The second-order valence-electron chi connectivity index (χ2n) is 4.36. The van der Waals surface area contributed by atoms with Crippen LogP contribution in [-0.4, -0.2) is 29.3 Å². The third-order valence-electron chi connectivity index (χ3n) is 2.82. The number of halogens is 1. The molecule has 0 saturated heterocycles. The Morgan fingerprint density at radius 3 is 2.62 bits per heavy atom. The Bertz CT molecular complexity index is 794. The number of nitrogens with one attached hydrogen (secondary N) is 1. The Hall–Kier alpha value is -2.06. The van der Waals surface area contributed by atoms with E-state index in [1.54, 1.807) is 6.92 Å². The van der Waals surface area contributed by atoms with Gasteiger partial charge in [0.25, 0.3) is 10.0 Å². The summed E-state index contributed by atoms with van der Waals surface area (Å²) >= 11 is 5.81. The lowest BCUT2D eigenvalue weighted by Gasteiger charge is -2.10. The number of carboxylic acids is 1. The molecule has 0 fully saturated rings. The van der Waals surface area contributed by atoms with Crippen LogP contribution in [0.5, 0.6) is 0 Å². The summed E-state index contributed by atoms with van der Waals surface area (Å²) < 4.78 is 27.9. The van der Waals surface area contributed by atoms with Crippen molar-refractivity contribution in [3.63, 3.8) is 0 Å². The van der Waals surface area contributed by atoms with Gasteiger partial charge in [-0.2, -0.15) is 13.5 Å². The number of aryl methyl sites for hydroxylation is 2. The number of nitrogens with zero attached hydrogens (tertiary/aromatic N) is 2. The van der Waals surface area contributed by atoms with Crippen LogP contribution < -0.4 is 4.72 Å². The highest BCUT2D eigenvalue weighted by molar-refractivity contribution is 7.92. The van der Waals surface area contributed by atoms with Gasteiger partial charge >= 0.3 is 5.97 Å². The van der Waals surface area contributed by atoms with E-state index in [9.17, 15) is 13.2 Å². The van der Waals surface area contributed by atoms with Crippen LogP contribution in [0.25, 0.3) is 0 Å².